The molecule has 0 aromatic rings. The van der Waals surface area contributed by atoms with Gasteiger partial charge in [-0.1, -0.05) is 24.3 Å². The zero-order valence-electron chi connectivity index (χ0n) is 7.42. The quantitative estimate of drug-likeness (QED) is 0.625. The molecule has 1 aliphatic carbocycles. The van der Waals surface area contributed by atoms with Crippen molar-refractivity contribution in [1.82, 2.24) is 0 Å². The van der Waals surface area contributed by atoms with E-state index in [4.69, 9.17) is 14.4 Å². The van der Waals surface area contributed by atoms with E-state index in [-0.39, 0.29) is 19.5 Å². The third kappa shape index (κ3) is 35.3. The summed E-state index contributed by atoms with van der Waals surface area (Å²) >= 11 is 0. The zero-order chi connectivity index (χ0) is 10.2. The minimum Gasteiger partial charge on any atom is -0.307 e. The van der Waals surface area contributed by atoms with Crippen molar-refractivity contribution in [3.63, 3.8) is 0 Å². The average molecular weight is 271 g/mol. The SMILES string of the molecule is C1=CCCC=C1.C=O.C=O.C=O.[Ru]. The van der Waals surface area contributed by atoms with E-state index < -0.39 is 0 Å². The third-order valence-corrected chi connectivity index (χ3v) is 0.883. The predicted molar refractivity (Wildman–Crippen MR) is 48.9 cm³/mol. The normalized spacial score (nSPS) is 9.54. The van der Waals surface area contributed by atoms with Gasteiger partial charge in [0.2, 0.25) is 0 Å². The molecule has 0 heterocycles. The van der Waals surface area contributed by atoms with Gasteiger partial charge in [0.15, 0.2) is 0 Å². The Morgan fingerprint density at radius 1 is 0.692 bits per heavy atom. The first-order valence-corrected chi connectivity index (χ1v) is 3.18. The van der Waals surface area contributed by atoms with Crippen LogP contribution in [0.5, 0.6) is 0 Å². The molecule has 3 nitrogen and oxygen atoms in total. The van der Waals surface area contributed by atoms with Gasteiger partial charge in [-0.05, 0) is 12.8 Å². The topological polar surface area (TPSA) is 51.2 Å². The molecule has 0 aromatic heterocycles. The van der Waals surface area contributed by atoms with E-state index in [1.165, 1.54) is 12.8 Å². The van der Waals surface area contributed by atoms with Crippen LogP contribution in [0.4, 0.5) is 0 Å². The molecule has 0 radical (unpaired) electrons. The van der Waals surface area contributed by atoms with Gasteiger partial charge in [-0.25, -0.2) is 0 Å². The Kier molecular flexibility index (Phi) is 76.0. The molecule has 1 rings (SSSR count). The Morgan fingerprint density at radius 3 is 1.00 bits per heavy atom. The van der Waals surface area contributed by atoms with Gasteiger partial charge >= 0.3 is 0 Å². The van der Waals surface area contributed by atoms with Crippen LogP contribution in [0.25, 0.3) is 0 Å². The summed E-state index contributed by atoms with van der Waals surface area (Å²) in [6.07, 6.45) is 11.0. The molecule has 1 aliphatic rings. The molecule has 13 heavy (non-hydrogen) atoms. The van der Waals surface area contributed by atoms with Gasteiger partial charge in [0.05, 0.1) is 0 Å². The molecule has 0 aliphatic heterocycles. The second-order valence-electron chi connectivity index (χ2n) is 1.43. The van der Waals surface area contributed by atoms with Crippen molar-refractivity contribution in [2.45, 2.75) is 12.8 Å². The Balaban J connectivity index is -0.0000000508. The molecular weight excluding hydrogens is 257 g/mol. The van der Waals surface area contributed by atoms with Crippen molar-refractivity contribution >= 4 is 20.4 Å². The van der Waals surface area contributed by atoms with Crippen LogP contribution in [-0.2, 0) is 33.9 Å². The van der Waals surface area contributed by atoms with Gasteiger partial charge in [-0.15, -0.1) is 0 Å². The summed E-state index contributed by atoms with van der Waals surface area (Å²) in [5.41, 5.74) is 0. The zero-order valence-corrected chi connectivity index (χ0v) is 9.16. The van der Waals surface area contributed by atoms with E-state index in [2.05, 4.69) is 24.3 Å². The molecule has 0 atom stereocenters. The van der Waals surface area contributed by atoms with Gasteiger partial charge in [-0.2, -0.15) is 0 Å². The van der Waals surface area contributed by atoms with Crippen molar-refractivity contribution in [3.8, 4) is 0 Å². The van der Waals surface area contributed by atoms with Gasteiger partial charge in [-0.3, -0.25) is 0 Å². The van der Waals surface area contributed by atoms with Crippen LogP contribution in [-0.4, -0.2) is 20.4 Å². The maximum absolute atomic E-state index is 8.00. The van der Waals surface area contributed by atoms with Gasteiger partial charge < -0.3 is 14.4 Å². The monoisotopic (exact) mass is 272 g/mol. The van der Waals surface area contributed by atoms with Crippen LogP contribution < -0.4 is 0 Å². The second-order valence-corrected chi connectivity index (χ2v) is 1.43. The first-order chi connectivity index (χ1) is 6.00. The third-order valence-electron chi connectivity index (χ3n) is 0.883. The molecule has 0 amide bonds. The molecule has 0 fully saturated rings. The fourth-order valence-electron chi connectivity index (χ4n) is 0.542. The molecule has 0 N–H and O–H groups in total. The van der Waals surface area contributed by atoms with E-state index in [1.54, 1.807) is 0 Å². The Bertz CT molecular complexity index is 107. The first kappa shape index (κ1) is 22.7. The van der Waals surface area contributed by atoms with E-state index in [1.807, 2.05) is 20.4 Å². The van der Waals surface area contributed by atoms with Crippen molar-refractivity contribution < 1.29 is 33.9 Å². The van der Waals surface area contributed by atoms with Gasteiger partial charge in [0.1, 0.15) is 20.4 Å². The van der Waals surface area contributed by atoms with Crippen LogP contribution in [0.15, 0.2) is 24.3 Å². The maximum Gasteiger partial charge on any atom is 0.106 e. The molecule has 0 saturated heterocycles. The molecule has 76 valence electrons. The number of hydrogen-bond acceptors (Lipinski definition) is 3. The Labute approximate surface area is 91.7 Å². The van der Waals surface area contributed by atoms with Crippen LogP contribution in [0, 0.1) is 0 Å². The largest absolute Gasteiger partial charge is 0.307 e. The van der Waals surface area contributed by atoms with Crippen molar-refractivity contribution in [2.75, 3.05) is 0 Å². The van der Waals surface area contributed by atoms with Crippen LogP contribution in [0.2, 0.25) is 0 Å². The summed E-state index contributed by atoms with van der Waals surface area (Å²) in [5, 5.41) is 0. The van der Waals surface area contributed by atoms with Crippen LogP contribution >= 0.6 is 0 Å². The minimum atomic E-state index is 0. The second kappa shape index (κ2) is 43.5. The smallest absolute Gasteiger partial charge is 0.106 e. The number of carbonyl (C=O) groups excluding carboxylic acids is 3. The summed E-state index contributed by atoms with van der Waals surface area (Å²) in [7, 11) is 0. The summed E-state index contributed by atoms with van der Waals surface area (Å²) in [4.78, 5) is 24.0. The fourth-order valence-corrected chi connectivity index (χ4v) is 0.542. The minimum absolute atomic E-state index is 0. The number of allylic oxidation sites excluding steroid dienone is 4. The van der Waals surface area contributed by atoms with Crippen molar-refractivity contribution in [1.29, 1.82) is 0 Å². The fraction of sp³-hybridized carbons (Fsp3) is 0.222. The predicted octanol–water partition coefficient (Wildman–Crippen LogP) is 1.34. The summed E-state index contributed by atoms with van der Waals surface area (Å²) < 4.78 is 0. The maximum atomic E-state index is 8.00. The van der Waals surface area contributed by atoms with Crippen LogP contribution in [0.3, 0.4) is 0 Å². The molecule has 0 unspecified atom stereocenters. The van der Waals surface area contributed by atoms with Crippen LogP contribution in [0.1, 0.15) is 12.8 Å². The van der Waals surface area contributed by atoms with Gasteiger partial charge in [0.25, 0.3) is 0 Å². The molecule has 0 saturated carbocycles. The van der Waals surface area contributed by atoms with Crippen molar-refractivity contribution in [2.24, 2.45) is 0 Å². The van der Waals surface area contributed by atoms with E-state index >= 15 is 0 Å². The molecule has 0 aromatic carbocycles. The number of hydrogen-bond donors (Lipinski definition) is 0. The van der Waals surface area contributed by atoms with Gasteiger partial charge in [0, 0.05) is 19.5 Å². The Morgan fingerprint density at radius 2 is 0.923 bits per heavy atom. The molecule has 4 heteroatoms. The van der Waals surface area contributed by atoms with Crippen molar-refractivity contribution in [3.05, 3.63) is 24.3 Å². The first-order valence-electron chi connectivity index (χ1n) is 3.18. The summed E-state index contributed by atoms with van der Waals surface area (Å²) in [6.45, 7) is 6.00. The molecule has 0 spiro atoms. The summed E-state index contributed by atoms with van der Waals surface area (Å²) in [5.74, 6) is 0. The molecular formula is C9H14O3Ru. The molecule has 0 bridgehead atoms. The summed E-state index contributed by atoms with van der Waals surface area (Å²) in [6, 6.07) is 0. The van der Waals surface area contributed by atoms with E-state index in [9.17, 15) is 0 Å². The van der Waals surface area contributed by atoms with E-state index in [0.717, 1.165) is 0 Å². The standard InChI is InChI=1S/C6H8.3CH2O.Ru/c1-2-4-6-5-3-1;3*1-2;/h1-4H,5-6H2;3*1H2;. The average Bonchev–Trinajstić information content (AvgIpc) is 2.29. The number of carbonyl (C=O) groups is 3. The Hall–Kier alpha value is -0.887. The number of rotatable bonds is 0. The van der Waals surface area contributed by atoms with E-state index in [0.29, 0.717) is 0 Å².